The van der Waals surface area contributed by atoms with Crippen molar-refractivity contribution in [2.24, 2.45) is 0 Å². The van der Waals surface area contributed by atoms with Crippen LogP contribution in [0.25, 0.3) is 16.6 Å². The van der Waals surface area contributed by atoms with Gasteiger partial charge in [-0.25, -0.2) is 9.37 Å². The number of halogens is 1. The number of carbonyl (C=O) groups is 1. The lowest BCUT2D eigenvalue weighted by Crippen LogP contribution is -2.28. The maximum atomic E-state index is 13.3. The van der Waals surface area contributed by atoms with Crippen LogP contribution in [-0.4, -0.2) is 33.2 Å². The fourth-order valence-corrected chi connectivity index (χ4v) is 4.46. The summed E-state index contributed by atoms with van der Waals surface area (Å²) in [4.78, 5) is 32.4. The molecular weight excluding hydrogens is 437 g/mol. The fraction of sp³-hybridized carbons (Fsp3) is 0.192. The van der Waals surface area contributed by atoms with Crippen LogP contribution in [0.5, 0.6) is 0 Å². The molecule has 4 rings (SSSR count). The molecular formula is C26H24FN3O2S. The largest absolute Gasteiger partial charge is 0.341 e. The van der Waals surface area contributed by atoms with Crippen molar-refractivity contribution in [3.8, 4) is 5.69 Å². The lowest BCUT2D eigenvalue weighted by Gasteiger charge is -2.18. The van der Waals surface area contributed by atoms with E-state index in [2.05, 4.69) is 6.92 Å². The van der Waals surface area contributed by atoms with Gasteiger partial charge in [0.2, 0.25) is 5.91 Å². The van der Waals surface area contributed by atoms with Gasteiger partial charge in [0, 0.05) is 13.6 Å². The van der Waals surface area contributed by atoms with Crippen molar-refractivity contribution in [3.63, 3.8) is 0 Å². The zero-order valence-electron chi connectivity index (χ0n) is 18.5. The monoisotopic (exact) mass is 461 g/mol. The third-order valence-corrected chi connectivity index (χ3v) is 6.35. The molecule has 1 heterocycles. The minimum atomic E-state index is -0.310. The Morgan fingerprint density at radius 2 is 1.67 bits per heavy atom. The molecule has 0 aliphatic carbocycles. The molecule has 168 valence electrons. The van der Waals surface area contributed by atoms with Gasteiger partial charge in [0.15, 0.2) is 5.16 Å². The number of nitrogens with zero attached hydrogens (tertiary/aromatic N) is 3. The molecule has 0 unspecified atom stereocenters. The molecule has 33 heavy (non-hydrogen) atoms. The highest BCUT2D eigenvalue weighted by atomic mass is 32.2. The maximum absolute atomic E-state index is 13.3. The van der Waals surface area contributed by atoms with Crippen LogP contribution in [0.2, 0.25) is 0 Å². The summed E-state index contributed by atoms with van der Waals surface area (Å²) < 4.78 is 14.7. The summed E-state index contributed by atoms with van der Waals surface area (Å²) in [5.74, 6) is -0.301. The Morgan fingerprint density at radius 1 is 1.00 bits per heavy atom. The number of thioether (sulfide) groups is 1. The Hall–Kier alpha value is -3.45. The first-order chi connectivity index (χ1) is 16.0. The first-order valence-electron chi connectivity index (χ1n) is 10.7. The van der Waals surface area contributed by atoms with Crippen LogP contribution in [0, 0.1) is 5.82 Å². The molecule has 7 heteroatoms. The quantitative estimate of drug-likeness (QED) is 0.292. The molecule has 1 aromatic heterocycles. The predicted molar refractivity (Wildman–Crippen MR) is 130 cm³/mol. The molecule has 0 radical (unpaired) electrons. The molecule has 0 aliphatic heterocycles. The van der Waals surface area contributed by atoms with E-state index in [9.17, 15) is 14.0 Å². The van der Waals surface area contributed by atoms with E-state index in [0.29, 0.717) is 28.3 Å². The number of hydrogen-bond acceptors (Lipinski definition) is 4. The number of para-hydroxylation sites is 1. The van der Waals surface area contributed by atoms with Gasteiger partial charge in [-0.15, -0.1) is 0 Å². The van der Waals surface area contributed by atoms with Crippen molar-refractivity contribution < 1.29 is 9.18 Å². The Labute approximate surface area is 195 Å². The van der Waals surface area contributed by atoms with Gasteiger partial charge in [0.1, 0.15) is 5.82 Å². The maximum Gasteiger partial charge on any atom is 0.266 e. The molecule has 0 aliphatic rings. The van der Waals surface area contributed by atoms with Gasteiger partial charge in [-0.05, 0) is 53.9 Å². The van der Waals surface area contributed by atoms with Crippen LogP contribution >= 0.6 is 11.8 Å². The van der Waals surface area contributed by atoms with E-state index in [1.54, 1.807) is 40.8 Å². The number of amides is 1. The summed E-state index contributed by atoms with van der Waals surface area (Å²) in [6, 6.07) is 21.1. The number of carbonyl (C=O) groups excluding carboxylic acids is 1. The van der Waals surface area contributed by atoms with Gasteiger partial charge in [0.05, 0.1) is 22.3 Å². The molecule has 4 aromatic rings. The van der Waals surface area contributed by atoms with E-state index in [-0.39, 0.29) is 23.0 Å². The van der Waals surface area contributed by atoms with Crippen LogP contribution < -0.4 is 5.56 Å². The molecule has 3 aromatic carbocycles. The van der Waals surface area contributed by atoms with Crippen LogP contribution in [0.4, 0.5) is 4.39 Å². The minimum absolute atomic E-state index is 0.111. The van der Waals surface area contributed by atoms with E-state index in [1.807, 2.05) is 36.4 Å². The van der Waals surface area contributed by atoms with Crippen molar-refractivity contribution in [2.75, 3.05) is 12.8 Å². The molecule has 1 amide bonds. The number of aryl methyl sites for hydroxylation is 1. The average molecular weight is 462 g/mol. The average Bonchev–Trinajstić information content (AvgIpc) is 2.84. The SMILES string of the molecule is CCc1ccc(-n2c(SCC(=O)N(C)Cc3ccc(F)cc3)nc3ccccc3c2=O)cc1. The lowest BCUT2D eigenvalue weighted by atomic mass is 10.1. The summed E-state index contributed by atoms with van der Waals surface area (Å²) in [6.07, 6.45) is 0.904. The molecule has 0 saturated carbocycles. The zero-order chi connectivity index (χ0) is 23.4. The van der Waals surface area contributed by atoms with Gasteiger partial charge in [-0.1, -0.05) is 55.1 Å². The van der Waals surface area contributed by atoms with Gasteiger partial charge < -0.3 is 4.90 Å². The molecule has 0 bridgehead atoms. The topological polar surface area (TPSA) is 55.2 Å². The zero-order valence-corrected chi connectivity index (χ0v) is 19.3. The molecule has 0 atom stereocenters. The summed E-state index contributed by atoms with van der Waals surface area (Å²) in [5.41, 5.74) is 3.16. The number of aromatic nitrogens is 2. The van der Waals surface area contributed by atoms with E-state index < -0.39 is 0 Å². The van der Waals surface area contributed by atoms with Gasteiger partial charge in [-0.3, -0.25) is 14.2 Å². The summed E-state index contributed by atoms with van der Waals surface area (Å²) in [7, 11) is 1.70. The number of hydrogen-bond donors (Lipinski definition) is 0. The smallest absolute Gasteiger partial charge is 0.266 e. The van der Waals surface area contributed by atoms with Crippen LogP contribution in [0.1, 0.15) is 18.1 Å². The fourth-order valence-electron chi connectivity index (χ4n) is 3.51. The standard InChI is InChI=1S/C26H24FN3O2S/c1-3-18-10-14-21(15-11-18)30-25(32)22-6-4-5-7-23(22)28-26(30)33-17-24(31)29(2)16-19-8-12-20(27)13-9-19/h4-15H,3,16-17H2,1-2H3. The van der Waals surface area contributed by atoms with E-state index in [0.717, 1.165) is 12.0 Å². The Bertz CT molecular complexity index is 1330. The minimum Gasteiger partial charge on any atom is -0.341 e. The lowest BCUT2D eigenvalue weighted by molar-refractivity contribution is -0.127. The van der Waals surface area contributed by atoms with Crippen molar-refractivity contribution in [2.45, 2.75) is 25.0 Å². The van der Waals surface area contributed by atoms with Crippen molar-refractivity contribution in [1.29, 1.82) is 0 Å². The normalized spacial score (nSPS) is 11.0. The third kappa shape index (κ3) is 5.14. The van der Waals surface area contributed by atoms with E-state index in [1.165, 1.54) is 29.5 Å². The van der Waals surface area contributed by atoms with Gasteiger partial charge in [-0.2, -0.15) is 0 Å². The molecule has 0 fully saturated rings. The molecule has 5 nitrogen and oxygen atoms in total. The number of fused-ring (bicyclic) bond motifs is 1. The van der Waals surface area contributed by atoms with Crippen molar-refractivity contribution in [3.05, 3.63) is 100 Å². The summed E-state index contributed by atoms with van der Waals surface area (Å²) in [6.45, 7) is 2.45. The van der Waals surface area contributed by atoms with Crippen LogP contribution in [0.3, 0.4) is 0 Å². The van der Waals surface area contributed by atoms with Crippen LogP contribution in [-0.2, 0) is 17.8 Å². The summed E-state index contributed by atoms with van der Waals surface area (Å²) >= 11 is 1.23. The van der Waals surface area contributed by atoms with E-state index in [4.69, 9.17) is 4.98 Å². The Morgan fingerprint density at radius 3 is 2.36 bits per heavy atom. The van der Waals surface area contributed by atoms with Gasteiger partial charge >= 0.3 is 0 Å². The molecule has 0 N–H and O–H groups in total. The highest BCUT2D eigenvalue weighted by molar-refractivity contribution is 7.99. The Kier molecular flexibility index (Phi) is 6.89. The first kappa shape index (κ1) is 22.7. The summed E-state index contributed by atoms with van der Waals surface area (Å²) in [5, 5.41) is 0.993. The number of rotatable bonds is 7. The second-order valence-corrected chi connectivity index (χ2v) is 8.68. The predicted octanol–water partition coefficient (Wildman–Crippen LogP) is 4.84. The van der Waals surface area contributed by atoms with Crippen molar-refractivity contribution >= 4 is 28.6 Å². The number of benzene rings is 3. The Balaban J connectivity index is 1.61. The van der Waals surface area contributed by atoms with Crippen LogP contribution in [0.15, 0.2) is 82.7 Å². The highest BCUT2D eigenvalue weighted by Crippen LogP contribution is 2.22. The highest BCUT2D eigenvalue weighted by Gasteiger charge is 2.16. The third-order valence-electron chi connectivity index (χ3n) is 5.43. The van der Waals surface area contributed by atoms with Crippen molar-refractivity contribution in [1.82, 2.24) is 14.5 Å². The second kappa shape index (κ2) is 10.0. The molecule has 0 spiro atoms. The molecule has 0 saturated heterocycles. The van der Waals surface area contributed by atoms with Gasteiger partial charge in [0.25, 0.3) is 5.56 Å². The van der Waals surface area contributed by atoms with E-state index >= 15 is 0 Å². The first-order valence-corrected chi connectivity index (χ1v) is 11.7. The second-order valence-electron chi connectivity index (χ2n) is 7.74.